The van der Waals surface area contributed by atoms with Crippen LogP contribution in [0.15, 0.2) is 59.0 Å². The third kappa shape index (κ3) is 6.38. The van der Waals surface area contributed by atoms with Gasteiger partial charge in [0.15, 0.2) is 15.4 Å². The number of nitrogens with zero attached hydrogens (tertiary/aromatic N) is 1. The van der Waals surface area contributed by atoms with Crippen molar-refractivity contribution in [3.63, 3.8) is 0 Å². The molecule has 0 saturated carbocycles. The number of rotatable bonds is 12. The quantitative estimate of drug-likeness (QED) is 0.325. The number of para-hydroxylation sites is 2. The Morgan fingerprint density at radius 1 is 1.16 bits per heavy atom. The molecule has 2 aromatic carbocycles. The summed E-state index contributed by atoms with van der Waals surface area (Å²) in [5.74, 6) is -2.53. The molecule has 1 aliphatic heterocycles. The molecule has 1 amide bonds. The van der Waals surface area contributed by atoms with Crippen molar-refractivity contribution in [3.8, 4) is 0 Å². The van der Waals surface area contributed by atoms with Crippen LogP contribution in [0.1, 0.15) is 50.2 Å². The topological polar surface area (TPSA) is 145 Å². The van der Waals surface area contributed by atoms with Crippen LogP contribution in [-0.4, -0.2) is 55.0 Å². The number of hydrogen-bond donors (Lipinski definition) is 3. The van der Waals surface area contributed by atoms with Crippen molar-refractivity contribution in [2.75, 3.05) is 19.0 Å². The minimum absolute atomic E-state index is 0.0273. The zero-order valence-corrected chi connectivity index (χ0v) is 21.8. The lowest BCUT2D eigenvalue weighted by atomic mass is 9.76. The van der Waals surface area contributed by atoms with Gasteiger partial charge in [0.05, 0.1) is 11.5 Å². The molecule has 4 N–H and O–H groups in total. The number of aliphatic hydroxyl groups is 1. The van der Waals surface area contributed by atoms with Crippen molar-refractivity contribution < 1.29 is 27.5 Å². The molecule has 3 atom stereocenters. The average molecular weight is 530 g/mol. The molecule has 200 valence electrons. The van der Waals surface area contributed by atoms with E-state index in [1.54, 1.807) is 48.5 Å². The number of carbonyl (C=O) groups excluding carboxylic acids is 1. The fourth-order valence-electron chi connectivity index (χ4n) is 5.19. The van der Waals surface area contributed by atoms with Crippen LogP contribution in [0.5, 0.6) is 0 Å². The van der Waals surface area contributed by atoms with Gasteiger partial charge < -0.3 is 20.0 Å². The standard InChI is InChI=1S/C27H35N3O6S/c1-2-8-21(24(31)25-29-22-11-6-7-12-23(22)36-25)27(26(28)32,30-20-13-15-35-16-14-20)18-37(33,34)17-19-9-4-3-5-10-19/h3-7,9-12,20-21,24,30-31H,2,8,13-18H2,1H3,(H2,28,32)/t21-,24?,27?/m1/s1. The Morgan fingerprint density at radius 2 is 1.84 bits per heavy atom. The first-order valence-electron chi connectivity index (χ1n) is 12.7. The van der Waals surface area contributed by atoms with E-state index in [4.69, 9.17) is 14.9 Å². The zero-order chi connectivity index (χ0) is 26.5. The largest absolute Gasteiger partial charge is 0.438 e. The number of nitrogens with two attached hydrogens (primary N) is 1. The van der Waals surface area contributed by atoms with Gasteiger partial charge in [0.1, 0.15) is 17.2 Å². The van der Waals surface area contributed by atoms with Crippen LogP contribution in [0.2, 0.25) is 0 Å². The second kappa shape index (κ2) is 11.7. The first kappa shape index (κ1) is 27.3. The first-order chi connectivity index (χ1) is 17.7. The summed E-state index contributed by atoms with van der Waals surface area (Å²) in [6.07, 6.45) is 0.710. The zero-order valence-electron chi connectivity index (χ0n) is 21.0. The van der Waals surface area contributed by atoms with Gasteiger partial charge in [0.25, 0.3) is 0 Å². The molecule has 1 saturated heterocycles. The van der Waals surface area contributed by atoms with Gasteiger partial charge in [-0.15, -0.1) is 0 Å². The lowest BCUT2D eigenvalue weighted by Gasteiger charge is -2.43. The van der Waals surface area contributed by atoms with E-state index in [2.05, 4.69) is 10.3 Å². The lowest BCUT2D eigenvalue weighted by Crippen LogP contribution is -2.68. The van der Waals surface area contributed by atoms with Crippen molar-refractivity contribution in [1.82, 2.24) is 10.3 Å². The number of benzene rings is 2. The molecule has 0 aliphatic carbocycles. The molecule has 0 radical (unpaired) electrons. The van der Waals surface area contributed by atoms with Gasteiger partial charge in [0, 0.05) is 25.2 Å². The number of hydrogen-bond acceptors (Lipinski definition) is 8. The SMILES string of the molecule is CCC[C@H](C(O)c1nc2ccccc2o1)C(CS(=O)(=O)Cc1ccccc1)(NC1CCOCC1)C(N)=O. The van der Waals surface area contributed by atoms with Gasteiger partial charge in [-0.3, -0.25) is 10.1 Å². The number of aromatic nitrogens is 1. The molecule has 9 nitrogen and oxygen atoms in total. The van der Waals surface area contributed by atoms with Crippen molar-refractivity contribution in [2.45, 2.75) is 56.0 Å². The second-order valence-electron chi connectivity index (χ2n) is 9.74. The lowest BCUT2D eigenvalue weighted by molar-refractivity contribution is -0.129. The van der Waals surface area contributed by atoms with Crippen LogP contribution in [-0.2, 0) is 25.1 Å². The van der Waals surface area contributed by atoms with Crippen LogP contribution in [0.25, 0.3) is 11.1 Å². The normalized spacial score (nSPS) is 18.3. The minimum atomic E-state index is -3.85. The number of oxazole rings is 1. The Hall–Kier alpha value is -2.79. The average Bonchev–Trinajstić information content (AvgIpc) is 3.31. The van der Waals surface area contributed by atoms with E-state index >= 15 is 0 Å². The van der Waals surface area contributed by atoms with Gasteiger partial charge >= 0.3 is 0 Å². The third-order valence-corrected chi connectivity index (χ3v) is 8.65. The molecule has 3 aromatic rings. The van der Waals surface area contributed by atoms with Crippen molar-refractivity contribution in [2.24, 2.45) is 11.7 Å². The Morgan fingerprint density at radius 3 is 2.49 bits per heavy atom. The fourth-order valence-corrected chi connectivity index (χ4v) is 7.12. The number of amides is 1. The van der Waals surface area contributed by atoms with E-state index in [9.17, 15) is 18.3 Å². The molecule has 1 aliphatic rings. The highest BCUT2D eigenvalue weighted by Crippen LogP contribution is 2.38. The van der Waals surface area contributed by atoms with Crippen LogP contribution in [0, 0.1) is 5.92 Å². The summed E-state index contributed by atoms with van der Waals surface area (Å²) in [6, 6.07) is 15.7. The second-order valence-corrected chi connectivity index (χ2v) is 11.8. The maximum atomic E-state index is 13.6. The molecule has 0 spiro atoms. The van der Waals surface area contributed by atoms with E-state index in [1.165, 1.54) is 0 Å². The van der Waals surface area contributed by atoms with E-state index in [-0.39, 0.29) is 17.7 Å². The monoisotopic (exact) mass is 529 g/mol. The molecular formula is C27H35N3O6S. The van der Waals surface area contributed by atoms with E-state index in [1.807, 2.05) is 13.0 Å². The molecular weight excluding hydrogens is 494 g/mol. The predicted molar refractivity (Wildman–Crippen MR) is 140 cm³/mol. The van der Waals surface area contributed by atoms with Crippen LogP contribution in [0.4, 0.5) is 0 Å². The summed E-state index contributed by atoms with van der Waals surface area (Å²) in [6.45, 7) is 2.87. The Labute approximate surface area is 217 Å². The smallest absolute Gasteiger partial charge is 0.239 e. The van der Waals surface area contributed by atoms with Crippen molar-refractivity contribution in [1.29, 1.82) is 0 Å². The van der Waals surface area contributed by atoms with Crippen molar-refractivity contribution >= 4 is 26.8 Å². The third-order valence-electron chi connectivity index (χ3n) is 6.98. The number of ether oxygens (including phenoxy) is 1. The molecule has 10 heteroatoms. The highest BCUT2D eigenvalue weighted by molar-refractivity contribution is 7.90. The first-order valence-corrected chi connectivity index (χ1v) is 14.5. The van der Waals surface area contributed by atoms with E-state index in [0.29, 0.717) is 55.6 Å². The molecule has 37 heavy (non-hydrogen) atoms. The van der Waals surface area contributed by atoms with Gasteiger partial charge in [-0.1, -0.05) is 55.8 Å². The number of nitrogens with one attached hydrogen (secondary N) is 1. The summed E-state index contributed by atoms with van der Waals surface area (Å²) in [5.41, 5.74) is 5.96. The number of aliphatic hydroxyl groups excluding tert-OH is 1. The molecule has 0 bridgehead atoms. The Bertz CT molecular complexity index is 1260. The van der Waals surface area contributed by atoms with Crippen molar-refractivity contribution in [3.05, 3.63) is 66.1 Å². The van der Waals surface area contributed by atoms with Crippen LogP contribution in [0.3, 0.4) is 0 Å². The highest BCUT2D eigenvalue weighted by atomic mass is 32.2. The molecule has 1 aromatic heterocycles. The number of fused-ring (bicyclic) bond motifs is 1. The fraction of sp³-hybridized carbons (Fsp3) is 0.481. The van der Waals surface area contributed by atoms with Gasteiger partial charge in [-0.25, -0.2) is 13.4 Å². The Balaban J connectivity index is 1.76. The summed E-state index contributed by atoms with van der Waals surface area (Å²) in [7, 11) is -3.85. The maximum Gasteiger partial charge on any atom is 0.239 e. The highest BCUT2D eigenvalue weighted by Gasteiger charge is 2.52. The summed E-state index contributed by atoms with van der Waals surface area (Å²) in [4.78, 5) is 17.8. The van der Waals surface area contributed by atoms with Gasteiger partial charge in [-0.2, -0.15) is 0 Å². The summed E-state index contributed by atoms with van der Waals surface area (Å²) in [5, 5.41) is 14.9. The summed E-state index contributed by atoms with van der Waals surface area (Å²) >= 11 is 0. The maximum absolute atomic E-state index is 13.6. The molecule has 2 heterocycles. The Kier molecular flexibility index (Phi) is 8.63. The van der Waals surface area contributed by atoms with E-state index < -0.39 is 39.1 Å². The molecule has 1 fully saturated rings. The summed E-state index contributed by atoms with van der Waals surface area (Å²) < 4.78 is 38.5. The van der Waals surface area contributed by atoms with E-state index in [0.717, 1.165) is 0 Å². The van der Waals surface area contributed by atoms with Gasteiger partial charge in [0.2, 0.25) is 11.8 Å². The number of carbonyl (C=O) groups is 1. The predicted octanol–water partition coefficient (Wildman–Crippen LogP) is 2.89. The van der Waals surface area contributed by atoms with Crippen LogP contribution < -0.4 is 11.1 Å². The van der Waals surface area contributed by atoms with Crippen LogP contribution >= 0.6 is 0 Å². The molecule has 4 rings (SSSR count). The molecule has 2 unspecified atom stereocenters. The minimum Gasteiger partial charge on any atom is -0.438 e. The van der Waals surface area contributed by atoms with Gasteiger partial charge in [-0.05, 0) is 37.0 Å². The number of sulfone groups is 1. The number of primary amides is 1.